The van der Waals surface area contributed by atoms with Crippen molar-refractivity contribution in [1.29, 1.82) is 0 Å². The molecule has 2 aromatic carbocycles. The van der Waals surface area contributed by atoms with Crippen molar-refractivity contribution in [2.24, 2.45) is 5.92 Å². The lowest BCUT2D eigenvalue weighted by Crippen LogP contribution is -2.53. The summed E-state index contributed by atoms with van der Waals surface area (Å²) >= 11 is 0. The third-order valence-corrected chi connectivity index (χ3v) is 5.95. The molecule has 1 atom stereocenters. The number of ether oxygens (including phenoxy) is 2. The smallest absolute Gasteiger partial charge is 0.414 e. The van der Waals surface area contributed by atoms with E-state index in [2.05, 4.69) is 4.90 Å². The number of piperidine rings is 3. The highest BCUT2D eigenvalue weighted by molar-refractivity contribution is 5.89. The zero-order valence-electron chi connectivity index (χ0n) is 17.0. The molecule has 7 heteroatoms. The fourth-order valence-corrected chi connectivity index (χ4v) is 4.26. The number of amides is 1. The van der Waals surface area contributed by atoms with Crippen molar-refractivity contribution in [2.75, 3.05) is 31.6 Å². The van der Waals surface area contributed by atoms with Crippen LogP contribution >= 0.6 is 0 Å². The zero-order valence-corrected chi connectivity index (χ0v) is 17.0. The lowest BCUT2D eigenvalue weighted by molar-refractivity contribution is -0.0311. The fourth-order valence-electron chi connectivity index (χ4n) is 4.26. The van der Waals surface area contributed by atoms with Crippen LogP contribution in [-0.2, 0) is 11.3 Å². The first-order valence-electron chi connectivity index (χ1n) is 10.2. The van der Waals surface area contributed by atoms with Crippen LogP contribution < -0.4 is 9.64 Å². The van der Waals surface area contributed by atoms with Crippen LogP contribution in [-0.4, -0.2) is 54.9 Å². The van der Waals surface area contributed by atoms with Crippen LogP contribution in [0.4, 0.5) is 10.5 Å². The predicted octanol–water partition coefficient (Wildman–Crippen LogP) is 3.63. The van der Waals surface area contributed by atoms with Gasteiger partial charge in [0.25, 0.3) is 0 Å². The Morgan fingerprint density at radius 2 is 1.90 bits per heavy atom. The third-order valence-electron chi connectivity index (χ3n) is 5.95. The van der Waals surface area contributed by atoms with Gasteiger partial charge >= 0.3 is 12.1 Å². The number of methoxy groups -OCH3 is 1. The average molecular weight is 410 g/mol. The van der Waals surface area contributed by atoms with E-state index >= 15 is 0 Å². The standard InChI is InChI=1S/C23H26N2O5/c1-29-20-7-3-6-19(13-20)25(14-16-4-2-5-18(12-16)22(26)27)23(28)30-21-15-24-10-8-17(21)9-11-24/h2-7,12-13,17,21H,8-11,14-15H2,1H3,(H,26,27)/t21-/m0/s1. The van der Waals surface area contributed by atoms with E-state index in [0.717, 1.165) is 32.5 Å². The topological polar surface area (TPSA) is 79.3 Å². The number of nitrogens with zero attached hydrogens (tertiary/aromatic N) is 2. The summed E-state index contributed by atoms with van der Waals surface area (Å²) in [5.41, 5.74) is 1.54. The summed E-state index contributed by atoms with van der Waals surface area (Å²) in [6.07, 6.45) is 1.57. The molecule has 3 aliphatic heterocycles. The Hall–Kier alpha value is -3.06. The number of fused-ring (bicyclic) bond motifs is 3. The lowest BCUT2D eigenvalue weighted by Gasteiger charge is -2.44. The molecule has 158 valence electrons. The maximum absolute atomic E-state index is 13.2. The maximum atomic E-state index is 13.2. The number of carboxylic acids is 1. The van der Waals surface area contributed by atoms with E-state index in [1.54, 1.807) is 36.3 Å². The first-order valence-corrected chi connectivity index (χ1v) is 10.2. The highest BCUT2D eigenvalue weighted by atomic mass is 16.6. The molecule has 0 saturated carbocycles. The van der Waals surface area contributed by atoms with Gasteiger partial charge in [-0.25, -0.2) is 9.59 Å². The van der Waals surface area contributed by atoms with Crippen LogP contribution in [0.2, 0.25) is 0 Å². The van der Waals surface area contributed by atoms with E-state index in [1.165, 1.54) is 6.07 Å². The van der Waals surface area contributed by atoms with Crippen molar-refractivity contribution in [3.63, 3.8) is 0 Å². The molecule has 2 aromatic rings. The number of benzene rings is 2. The minimum absolute atomic E-state index is 0.113. The van der Waals surface area contributed by atoms with Crippen molar-refractivity contribution in [2.45, 2.75) is 25.5 Å². The van der Waals surface area contributed by atoms with Gasteiger partial charge in [-0.2, -0.15) is 0 Å². The summed E-state index contributed by atoms with van der Waals surface area (Å²) in [5.74, 6) is 0.0357. The first kappa shape index (κ1) is 20.2. The van der Waals surface area contributed by atoms with Crippen molar-refractivity contribution in [3.8, 4) is 5.75 Å². The highest BCUT2D eigenvalue weighted by Crippen LogP contribution is 2.31. The molecule has 0 aliphatic carbocycles. The molecule has 0 aromatic heterocycles. The van der Waals surface area contributed by atoms with E-state index in [0.29, 0.717) is 22.9 Å². The molecule has 2 bridgehead atoms. The zero-order chi connectivity index (χ0) is 21.1. The molecule has 3 aliphatic rings. The molecule has 3 saturated heterocycles. The fraction of sp³-hybridized carbons (Fsp3) is 0.391. The number of carbonyl (C=O) groups excluding carboxylic acids is 1. The number of aromatic carboxylic acids is 1. The second-order valence-corrected chi connectivity index (χ2v) is 7.85. The summed E-state index contributed by atoms with van der Waals surface area (Å²) in [6.45, 7) is 3.12. The van der Waals surface area contributed by atoms with Crippen LogP contribution in [0.1, 0.15) is 28.8 Å². The van der Waals surface area contributed by atoms with E-state index in [9.17, 15) is 14.7 Å². The van der Waals surface area contributed by atoms with Crippen molar-refractivity contribution in [1.82, 2.24) is 4.90 Å². The summed E-state index contributed by atoms with van der Waals surface area (Å²) in [5, 5.41) is 9.29. The molecule has 1 amide bonds. The van der Waals surface area contributed by atoms with E-state index in [1.807, 2.05) is 18.2 Å². The lowest BCUT2D eigenvalue weighted by atomic mass is 9.86. The molecule has 0 radical (unpaired) electrons. The van der Waals surface area contributed by atoms with Gasteiger partial charge in [-0.15, -0.1) is 0 Å². The van der Waals surface area contributed by atoms with Gasteiger partial charge in [-0.05, 0) is 61.7 Å². The summed E-state index contributed by atoms with van der Waals surface area (Å²) in [6, 6.07) is 13.8. The quantitative estimate of drug-likeness (QED) is 0.783. The third kappa shape index (κ3) is 4.41. The van der Waals surface area contributed by atoms with Crippen molar-refractivity contribution >= 4 is 17.7 Å². The van der Waals surface area contributed by atoms with Gasteiger partial charge < -0.3 is 14.6 Å². The van der Waals surface area contributed by atoms with E-state index in [4.69, 9.17) is 9.47 Å². The van der Waals surface area contributed by atoms with Gasteiger partial charge in [0.2, 0.25) is 0 Å². The van der Waals surface area contributed by atoms with E-state index in [-0.39, 0.29) is 18.2 Å². The number of anilines is 1. The molecule has 0 spiro atoms. The number of carbonyl (C=O) groups is 2. The van der Waals surface area contributed by atoms with Crippen molar-refractivity contribution in [3.05, 3.63) is 59.7 Å². The Labute approximate surface area is 175 Å². The average Bonchev–Trinajstić information content (AvgIpc) is 2.78. The Morgan fingerprint density at radius 1 is 1.13 bits per heavy atom. The van der Waals surface area contributed by atoms with Crippen LogP contribution in [0.5, 0.6) is 5.75 Å². The Bertz CT molecular complexity index is 923. The van der Waals surface area contributed by atoms with Gasteiger partial charge in [-0.3, -0.25) is 9.80 Å². The highest BCUT2D eigenvalue weighted by Gasteiger charge is 2.37. The molecule has 0 unspecified atom stereocenters. The van der Waals surface area contributed by atoms with Crippen molar-refractivity contribution < 1.29 is 24.2 Å². The normalized spacial score (nSPS) is 22.4. The van der Waals surface area contributed by atoms with Gasteiger partial charge in [0.1, 0.15) is 11.9 Å². The van der Waals surface area contributed by atoms with E-state index < -0.39 is 12.1 Å². The molecule has 7 nitrogen and oxygen atoms in total. The number of hydrogen-bond donors (Lipinski definition) is 1. The summed E-state index contributed by atoms with van der Waals surface area (Å²) in [4.78, 5) is 28.5. The molecule has 3 heterocycles. The second-order valence-electron chi connectivity index (χ2n) is 7.85. The summed E-state index contributed by atoms with van der Waals surface area (Å²) < 4.78 is 11.3. The number of hydrogen-bond acceptors (Lipinski definition) is 5. The monoisotopic (exact) mass is 410 g/mol. The van der Waals surface area contributed by atoms with Gasteiger partial charge in [-0.1, -0.05) is 18.2 Å². The maximum Gasteiger partial charge on any atom is 0.414 e. The number of carboxylic acid groups (broad SMARTS) is 1. The minimum Gasteiger partial charge on any atom is -0.497 e. The molecular weight excluding hydrogens is 384 g/mol. The van der Waals surface area contributed by atoms with Crippen LogP contribution in [0.15, 0.2) is 48.5 Å². The van der Waals surface area contributed by atoms with Gasteiger partial charge in [0.05, 0.1) is 24.9 Å². The Balaban J connectivity index is 1.59. The van der Waals surface area contributed by atoms with Crippen LogP contribution in [0.3, 0.4) is 0 Å². The predicted molar refractivity (Wildman–Crippen MR) is 112 cm³/mol. The molecule has 5 rings (SSSR count). The van der Waals surface area contributed by atoms with Gasteiger partial charge in [0, 0.05) is 12.6 Å². The molecule has 1 N–H and O–H groups in total. The number of rotatable bonds is 6. The van der Waals surface area contributed by atoms with Crippen LogP contribution in [0.25, 0.3) is 0 Å². The first-order chi connectivity index (χ1) is 14.5. The Kier molecular flexibility index (Phi) is 5.90. The SMILES string of the molecule is COc1cccc(N(Cc2cccc(C(=O)O)c2)C(=O)O[C@H]2CN3CCC2CC3)c1. The second kappa shape index (κ2) is 8.75. The van der Waals surface area contributed by atoms with Crippen LogP contribution in [0, 0.1) is 5.92 Å². The minimum atomic E-state index is -1.00. The molecule has 30 heavy (non-hydrogen) atoms. The molecular formula is C23H26N2O5. The molecule has 3 fully saturated rings. The largest absolute Gasteiger partial charge is 0.497 e. The summed E-state index contributed by atoms with van der Waals surface area (Å²) in [7, 11) is 1.57. The Morgan fingerprint density at radius 3 is 2.57 bits per heavy atom. The van der Waals surface area contributed by atoms with Gasteiger partial charge in [0.15, 0.2) is 0 Å².